The molecule has 1 saturated heterocycles. The van der Waals surface area contributed by atoms with Crippen LogP contribution in [0.25, 0.3) is 0 Å². The van der Waals surface area contributed by atoms with E-state index >= 15 is 0 Å². The van der Waals surface area contributed by atoms with E-state index in [0.29, 0.717) is 18.9 Å². The second-order valence-corrected chi connectivity index (χ2v) is 8.10. The highest BCUT2D eigenvalue weighted by Crippen LogP contribution is 2.19. The zero-order valence-corrected chi connectivity index (χ0v) is 12.1. The molecule has 0 radical (unpaired) electrons. The summed E-state index contributed by atoms with van der Waals surface area (Å²) in [5, 5.41) is 3.29. The van der Waals surface area contributed by atoms with Crippen molar-refractivity contribution in [3.8, 4) is 0 Å². The topological polar surface area (TPSA) is 58.2 Å². The van der Waals surface area contributed by atoms with Gasteiger partial charge in [0.15, 0.2) is 0 Å². The zero-order valence-electron chi connectivity index (χ0n) is 11.3. The Hall–Kier alpha value is -0.130. The fourth-order valence-corrected chi connectivity index (χ4v) is 3.35. The van der Waals surface area contributed by atoms with Crippen molar-refractivity contribution in [2.45, 2.75) is 40.0 Å². The zero-order chi connectivity index (χ0) is 12.9. The molecule has 1 rings (SSSR count). The summed E-state index contributed by atoms with van der Waals surface area (Å²) < 4.78 is 26.2. The van der Waals surface area contributed by atoms with Crippen molar-refractivity contribution in [1.82, 2.24) is 10.0 Å². The van der Waals surface area contributed by atoms with Gasteiger partial charge in [0.2, 0.25) is 10.0 Å². The van der Waals surface area contributed by atoms with Gasteiger partial charge >= 0.3 is 0 Å². The van der Waals surface area contributed by atoms with Crippen LogP contribution < -0.4 is 10.0 Å². The first-order chi connectivity index (χ1) is 7.79. The molecular weight excluding hydrogens is 236 g/mol. The largest absolute Gasteiger partial charge is 0.316 e. The first-order valence-electron chi connectivity index (χ1n) is 6.47. The second kappa shape index (κ2) is 6.16. The SMILES string of the molecule is CC(C)(C)CCS(=O)(=O)NCCC1CCNC1. The van der Waals surface area contributed by atoms with E-state index in [1.807, 2.05) is 0 Å². The van der Waals surface area contributed by atoms with Gasteiger partial charge in [-0.1, -0.05) is 20.8 Å². The second-order valence-electron chi connectivity index (χ2n) is 6.17. The maximum Gasteiger partial charge on any atom is 0.211 e. The predicted octanol–water partition coefficient (Wildman–Crippen LogP) is 1.34. The molecule has 0 aromatic carbocycles. The van der Waals surface area contributed by atoms with Crippen LogP contribution in [0.4, 0.5) is 0 Å². The van der Waals surface area contributed by atoms with Crippen molar-refractivity contribution in [3.63, 3.8) is 0 Å². The molecule has 1 heterocycles. The summed E-state index contributed by atoms with van der Waals surface area (Å²) in [5.74, 6) is 0.875. The van der Waals surface area contributed by atoms with Gasteiger partial charge in [0.05, 0.1) is 5.75 Å². The minimum absolute atomic E-state index is 0.0735. The molecule has 0 aromatic heterocycles. The molecule has 2 N–H and O–H groups in total. The predicted molar refractivity (Wildman–Crippen MR) is 71.5 cm³/mol. The van der Waals surface area contributed by atoms with Gasteiger partial charge in [0.25, 0.3) is 0 Å². The fraction of sp³-hybridized carbons (Fsp3) is 1.00. The minimum atomic E-state index is -3.08. The first kappa shape index (κ1) is 14.9. The van der Waals surface area contributed by atoms with Crippen LogP contribution in [0.5, 0.6) is 0 Å². The highest BCUT2D eigenvalue weighted by molar-refractivity contribution is 7.89. The summed E-state index contributed by atoms with van der Waals surface area (Å²) in [6.07, 6.45) is 2.82. The highest BCUT2D eigenvalue weighted by atomic mass is 32.2. The Bertz CT molecular complexity index is 314. The molecule has 0 bridgehead atoms. The maximum atomic E-state index is 11.7. The molecule has 1 fully saturated rings. The van der Waals surface area contributed by atoms with Crippen molar-refractivity contribution in [2.75, 3.05) is 25.4 Å². The van der Waals surface area contributed by atoms with Crippen LogP contribution in [-0.4, -0.2) is 33.8 Å². The Labute approximate surface area is 106 Å². The molecule has 0 saturated carbocycles. The molecule has 5 heteroatoms. The molecule has 1 aliphatic heterocycles. The van der Waals surface area contributed by atoms with E-state index in [2.05, 4.69) is 30.8 Å². The normalized spacial score (nSPS) is 21.9. The lowest BCUT2D eigenvalue weighted by Gasteiger charge is -2.18. The lowest BCUT2D eigenvalue weighted by atomic mass is 9.94. The molecule has 17 heavy (non-hydrogen) atoms. The standard InChI is InChI=1S/C12H26N2O2S/c1-12(2,3)6-9-17(15,16)14-8-5-11-4-7-13-10-11/h11,13-14H,4-10H2,1-3H3. The van der Waals surface area contributed by atoms with Crippen LogP contribution in [0.15, 0.2) is 0 Å². The average Bonchev–Trinajstić information content (AvgIpc) is 2.67. The highest BCUT2D eigenvalue weighted by Gasteiger charge is 2.18. The van der Waals surface area contributed by atoms with E-state index in [1.165, 1.54) is 6.42 Å². The monoisotopic (exact) mass is 262 g/mol. The van der Waals surface area contributed by atoms with Crippen molar-refractivity contribution >= 4 is 10.0 Å². The number of nitrogens with one attached hydrogen (secondary N) is 2. The lowest BCUT2D eigenvalue weighted by molar-refractivity contribution is 0.396. The van der Waals surface area contributed by atoms with E-state index in [-0.39, 0.29) is 11.2 Å². The van der Waals surface area contributed by atoms with Gasteiger partial charge in [-0.25, -0.2) is 13.1 Å². The summed E-state index contributed by atoms with van der Waals surface area (Å²) in [5.41, 5.74) is 0.0735. The van der Waals surface area contributed by atoms with Crippen molar-refractivity contribution in [3.05, 3.63) is 0 Å². The van der Waals surface area contributed by atoms with Gasteiger partial charge in [-0.2, -0.15) is 0 Å². The Morgan fingerprint density at radius 2 is 2.06 bits per heavy atom. The summed E-state index contributed by atoms with van der Waals surface area (Å²) in [6, 6.07) is 0. The third-order valence-electron chi connectivity index (χ3n) is 3.16. The third-order valence-corrected chi connectivity index (χ3v) is 4.54. The Morgan fingerprint density at radius 3 is 2.59 bits per heavy atom. The first-order valence-corrected chi connectivity index (χ1v) is 8.12. The molecule has 0 amide bonds. The molecular formula is C12H26N2O2S. The van der Waals surface area contributed by atoms with E-state index < -0.39 is 10.0 Å². The Morgan fingerprint density at radius 1 is 1.35 bits per heavy atom. The smallest absolute Gasteiger partial charge is 0.211 e. The number of rotatable bonds is 6. The lowest BCUT2D eigenvalue weighted by Crippen LogP contribution is -2.30. The molecule has 102 valence electrons. The Balaban J connectivity index is 2.20. The van der Waals surface area contributed by atoms with Crippen LogP contribution in [0.1, 0.15) is 40.0 Å². The van der Waals surface area contributed by atoms with Crippen molar-refractivity contribution in [1.29, 1.82) is 0 Å². The fourth-order valence-electron chi connectivity index (χ4n) is 1.89. The van der Waals surface area contributed by atoms with Gasteiger partial charge in [0, 0.05) is 6.54 Å². The van der Waals surface area contributed by atoms with Crippen LogP contribution in [-0.2, 0) is 10.0 Å². The molecule has 1 unspecified atom stereocenters. The molecule has 0 spiro atoms. The number of sulfonamides is 1. The van der Waals surface area contributed by atoms with Crippen LogP contribution >= 0.6 is 0 Å². The summed E-state index contributed by atoms with van der Waals surface area (Å²) in [6.45, 7) is 8.87. The van der Waals surface area contributed by atoms with Crippen molar-refractivity contribution < 1.29 is 8.42 Å². The van der Waals surface area contributed by atoms with E-state index in [1.54, 1.807) is 0 Å². The van der Waals surface area contributed by atoms with Crippen LogP contribution in [0.3, 0.4) is 0 Å². The van der Waals surface area contributed by atoms with E-state index in [0.717, 1.165) is 19.5 Å². The van der Waals surface area contributed by atoms with E-state index in [9.17, 15) is 8.42 Å². The third kappa shape index (κ3) is 7.01. The van der Waals surface area contributed by atoms with E-state index in [4.69, 9.17) is 0 Å². The quantitative estimate of drug-likeness (QED) is 0.759. The molecule has 0 aromatic rings. The van der Waals surface area contributed by atoms with Gasteiger partial charge in [0.1, 0.15) is 0 Å². The van der Waals surface area contributed by atoms with Gasteiger partial charge in [-0.05, 0) is 43.7 Å². The molecule has 0 aliphatic carbocycles. The Kier molecular flexibility index (Phi) is 5.41. The number of hydrogen-bond acceptors (Lipinski definition) is 3. The van der Waals surface area contributed by atoms with Crippen LogP contribution in [0, 0.1) is 11.3 Å². The van der Waals surface area contributed by atoms with Crippen molar-refractivity contribution in [2.24, 2.45) is 11.3 Å². The molecule has 1 atom stereocenters. The molecule has 1 aliphatic rings. The average molecular weight is 262 g/mol. The number of hydrogen-bond donors (Lipinski definition) is 2. The van der Waals surface area contributed by atoms with Gasteiger partial charge < -0.3 is 5.32 Å². The summed E-state index contributed by atoms with van der Waals surface area (Å²) in [4.78, 5) is 0. The molecule has 4 nitrogen and oxygen atoms in total. The van der Waals surface area contributed by atoms with Gasteiger partial charge in [-0.3, -0.25) is 0 Å². The minimum Gasteiger partial charge on any atom is -0.316 e. The summed E-state index contributed by atoms with van der Waals surface area (Å²) >= 11 is 0. The summed E-state index contributed by atoms with van der Waals surface area (Å²) in [7, 11) is -3.08. The van der Waals surface area contributed by atoms with Crippen LogP contribution in [0.2, 0.25) is 0 Å². The maximum absolute atomic E-state index is 11.7. The van der Waals surface area contributed by atoms with Gasteiger partial charge in [-0.15, -0.1) is 0 Å².